The van der Waals surface area contributed by atoms with Crippen molar-refractivity contribution >= 4 is 28.2 Å². The molecule has 1 heterocycles. The van der Waals surface area contributed by atoms with Crippen LogP contribution >= 0.6 is 11.6 Å². The first kappa shape index (κ1) is 13.1. The van der Waals surface area contributed by atoms with Gasteiger partial charge in [-0.05, 0) is 57.6 Å². The lowest BCUT2D eigenvalue weighted by molar-refractivity contribution is 0.427. The van der Waals surface area contributed by atoms with Gasteiger partial charge >= 0.3 is 0 Å². The number of nitrogens with one attached hydrogen (secondary N) is 1. The van der Waals surface area contributed by atoms with Crippen LogP contribution in [0.1, 0.15) is 2.74 Å². The van der Waals surface area contributed by atoms with Crippen molar-refractivity contribution in [2.75, 3.05) is 32.5 Å². The highest BCUT2D eigenvalue weighted by Crippen LogP contribution is 2.34. The van der Waals surface area contributed by atoms with Gasteiger partial charge in [0.25, 0.3) is 0 Å². The molecule has 1 saturated carbocycles. The second-order valence-corrected chi connectivity index (χ2v) is 5.91. The van der Waals surface area contributed by atoms with E-state index in [0.29, 0.717) is 23.5 Å². The monoisotopic (exact) mass is 314 g/mol. The average molecular weight is 315 g/mol. The Labute approximate surface area is 140 Å². The van der Waals surface area contributed by atoms with E-state index >= 15 is 0 Å². The molecule has 5 radical (unpaired) electrons. The molecule has 0 bridgehead atoms. The van der Waals surface area contributed by atoms with Gasteiger partial charge in [-0.3, -0.25) is 4.98 Å². The van der Waals surface area contributed by atoms with Crippen LogP contribution in [-0.2, 0) is 0 Å². The van der Waals surface area contributed by atoms with Gasteiger partial charge in [0.2, 0.25) is 0 Å². The maximum Gasteiger partial charge on any atom is 0.0737 e. The van der Waals surface area contributed by atoms with Crippen LogP contribution in [0.3, 0.4) is 0 Å². The van der Waals surface area contributed by atoms with Crippen molar-refractivity contribution in [3.05, 3.63) is 66.5 Å². The first-order chi connectivity index (χ1) is 11.5. The number of nitrogens with zero attached hydrogens (tertiary/aromatic N) is 2. The van der Waals surface area contributed by atoms with Crippen molar-refractivity contribution in [3.8, 4) is 0 Å². The maximum absolute atomic E-state index is 8.05. The first-order valence-electron chi connectivity index (χ1n) is 8.14. The Bertz CT molecular complexity index is 723. The van der Waals surface area contributed by atoms with Crippen LogP contribution < -0.4 is 5.32 Å². The molecule has 0 atom stereocenters. The number of benzene rings is 1. The second-order valence-electron chi connectivity index (χ2n) is 5.50. The third kappa shape index (κ3) is 3.53. The molecule has 1 N–H and O–H groups in total. The zero-order valence-electron chi connectivity index (χ0n) is 14.7. The Kier molecular flexibility index (Phi) is 4.09. The van der Waals surface area contributed by atoms with E-state index in [1.165, 1.54) is 0 Å². The summed E-state index contributed by atoms with van der Waals surface area (Å²) in [5, 5.41) is 4.68. The molecular formula is C18H19ClN3. The quantitative estimate of drug-likeness (QED) is 0.913. The summed E-state index contributed by atoms with van der Waals surface area (Å²) in [6.45, 7) is 1.36. The fourth-order valence-electron chi connectivity index (χ4n) is 2.46. The van der Waals surface area contributed by atoms with Crippen molar-refractivity contribution < 1.29 is 2.74 Å². The third-order valence-electron chi connectivity index (χ3n) is 3.50. The van der Waals surface area contributed by atoms with Crippen LogP contribution in [0.5, 0.6) is 0 Å². The van der Waals surface area contributed by atoms with E-state index in [9.17, 15) is 0 Å². The number of halogens is 1. The molecular weight excluding hydrogens is 294 g/mol. The van der Waals surface area contributed by atoms with Crippen molar-refractivity contribution in [2.45, 2.75) is 0 Å². The normalized spacial score (nSPS) is 18.9. The van der Waals surface area contributed by atoms with E-state index in [2.05, 4.69) is 15.2 Å². The third-order valence-corrected chi connectivity index (χ3v) is 3.72. The van der Waals surface area contributed by atoms with Gasteiger partial charge in [-0.2, -0.15) is 0 Å². The van der Waals surface area contributed by atoms with Gasteiger partial charge in [0, 0.05) is 48.6 Å². The molecule has 22 heavy (non-hydrogen) atoms. The minimum atomic E-state index is 0.243. The van der Waals surface area contributed by atoms with Crippen molar-refractivity contribution in [2.24, 2.45) is 0 Å². The molecule has 3 nitrogen and oxygen atoms in total. The van der Waals surface area contributed by atoms with Crippen LogP contribution in [0.2, 0.25) is 5.02 Å². The number of rotatable bonds is 5. The largest absolute Gasteiger partial charge is 0.384 e. The molecule has 0 spiro atoms. The number of fused-ring (bicyclic) bond motifs is 1. The summed E-state index contributed by atoms with van der Waals surface area (Å²) in [5.74, 6) is 2.15. The average Bonchev–Trinajstić information content (AvgIpc) is 2.89. The lowest BCUT2D eigenvalue weighted by Crippen LogP contribution is -2.25. The molecule has 0 unspecified atom stereocenters. The van der Waals surface area contributed by atoms with Gasteiger partial charge in [-0.15, -0.1) is 0 Å². The van der Waals surface area contributed by atoms with Crippen molar-refractivity contribution in [3.63, 3.8) is 0 Å². The molecule has 1 aromatic heterocycles. The molecule has 1 aliphatic rings. The zero-order chi connectivity index (χ0) is 17.3. The molecule has 4 heteroatoms. The number of anilines is 1. The Morgan fingerprint density at radius 3 is 2.95 bits per heavy atom. The standard InChI is InChI=1S/C18H19ClN3/c1-22(2)12-14-5-3-4-13(14)11-21-17-8-9-20-18-10-15(19)6-7-16(17)18/h3-10H,11-12H2,1-2H3,(H,20,21)/i5D,10D. The minimum absolute atomic E-state index is 0.243. The highest BCUT2D eigenvalue weighted by Gasteiger charge is 2.29. The van der Waals surface area contributed by atoms with Gasteiger partial charge < -0.3 is 10.2 Å². The summed E-state index contributed by atoms with van der Waals surface area (Å²) in [6, 6.07) is 5.74. The predicted octanol–water partition coefficient (Wildman–Crippen LogP) is 3.64. The fourth-order valence-corrected chi connectivity index (χ4v) is 2.62. The number of hydrogen-bond acceptors (Lipinski definition) is 3. The zero-order valence-corrected chi connectivity index (χ0v) is 13.4. The summed E-state index contributed by atoms with van der Waals surface area (Å²) in [7, 11) is 4.00. The van der Waals surface area contributed by atoms with Crippen molar-refractivity contribution in [1.82, 2.24) is 9.88 Å². The molecule has 0 aliphatic heterocycles. The van der Waals surface area contributed by atoms with E-state index in [4.69, 9.17) is 14.3 Å². The Morgan fingerprint density at radius 1 is 1.27 bits per heavy atom. The second kappa shape index (κ2) is 6.84. The lowest BCUT2D eigenvalue weighted by atomic mass is 9.95. The molecule has 0 saturated heterocycles. The van der Waals surface area contributed by atoms with Gasteiger partial charge in [0.15, 0.2) is 0 Å². The highest BCUT2D eigenvalue weighted by molar-refractivity contribution is 6.31. The highest BCUT2D eigenvalue weighted by atomic mass is 35.5. The number of aromatic nitrogens is 1. The van der Waals surface area contributed by atoms with Gasteiger partial charge in [-0.1, -0.05) is 11.6 Å². The number of hydrogen-bond donors (Lipinski definition) is 1. The molecule has 1 fully saturated rings. The maximum atomic E-state index is 8.05. The van der Waals surface area contributed by atoms with E-state index in [1.807, 2.05) is 39.1 Å². The van der Waals surface area contributed by atoms with Crippen LogP contribution in [0.4, 0.5) is 5.69 Å². The van der Waals surface area contributed by atoms with E-state index in [0.717, 1.165) is 29.5 Å². The number of pyridine rings is 1. The molecule has 1 aromatic carbocycles. The van der Waals surface area contributed by atoms with E-state index < -0.39 is 0 Å². The Hall–Kier alpha value is -1.32. The van der Waals surface area contributed by atoms with Crippen LogP contribution in [0.25, 0.3) is 10.9 Å². The summed E-state index contributed by atoms with van der Waals surface area (Å²) in [6.07, 6.45) is 6.08. The summed E-state index contributed by atoms with van der Waals surface area (Å²) in [5.41, 5.74) is 1.50. The summed E-state index contributed by atoms with van der Waals surface area (Å²) < 4.78 is 16.1. The lowest BCUT2D eigenvalue weighted by Gasteiger charge is -2.22. The molecule has 0 amide bonds. The van der Waals surface area contributed by atoms with Crippen molar-refractivity contribution in [1.29, 1.82) is 0 Å². The smallest absolute Gasteiger partial charge is 0.0737 e. The molecule has 3 rings (SSSR count). The minimum Gasteiger partial charge on any atom is -0.384 e. The van der Waals surface area contributed by atoms with Gasteiger partial charge in [0.1, 0.15) is 0 Å². The Balaban J connectivity index is 1.77. The Morgan fingerprint density at radius 2 is 2.14 bits per heavy atom. The summed E-state index contributed by atoms with van der Waals surface area (Å²) in [4.78, 5) is 6.33. The van der Waals surface area contributed by atoms with Crippen LogP contribution in [-0.4, -0.2) is 37.1 Å². The topological polar surface area (TPSA) is 28.2 Å². The van der Waals surface area contributed by atoms with E-state index in [1.54, 1.807) is 12.3 Å². The molecule has 113 valence electrons. The molecule has 1 aliphatic carbocycles. The molecule has 2 aromatic rings. The SMILES string of the molecule is [2H][C]1[CH][CH][C](CNc2ccnc3c([2H])c(Cl)ccc23)[C]1CN(C)C. The van der Waals surface area contributed by atoms with Gasteiger partial charge in [-0.25, -0.2) is 0 Å². The van der Waals surface area contributed by atoms with E-state index in [-0.39, 0.29) is 6.04 Å². The van der Waals surface area contributed by atoms with Crippen LogP contribution in [0, 0.1) is 31.1 Å². The summed E-state index contributed by atoms with van der Waals surface area (Å²) >= 11 is 6.01. The predicted molar refractivity (Wildman–Crippen MR) is 93.2 cm³/mol. The van der Waals surface area contributed by atoms with Crippen LogP contribution in [0.15, 0.2) is 30.4 Å². The first-order valence-corrected chi connectivity index (χ1v) is 7.51. The van der Waals surface area contributed by atoms with Gasteiger partial charge in [0.05, 0.1) is 6.89 Å². The fraction of sp³-hybridized carbons (Fsp3) is 0.222.